The highest BCUT2D eigenvalue weighted by Crippen LogP contribution is 2.22. The summed E-state index contributed by atoms with van der Waals surface area (Å²) in [6.45, 7) is 2.00. The molecule has 4 aromatic rings. The van der Waals surface area contributed by atoms with Crippen molar-refractivity contribution in [2.24, 2.45) is 0 Å². The Hall–Kier alpha value is -4.47. The van der Waals surface area contributed by atoms with Crippen LogP contribution in [-0.2, 0) is 27.4 Å². The number of nitrogens with one attached hydrogen (secondary N) is 1. The molecular weight excluding hydrogens is 442 g/mol. The normalized spacial score (nSPS) is 10.9. The van der Waals surface area contributed by atoms with Crippen LogP contribution in [0.3, 0.4) is 0 Å². The second-order valence-corrected chi connectivity index (χ2v) is 7.31. The molecule has 0 saturated carbocycles. The number of anilines is 1. The molecule has 4 rings (SSSR count). The minimum Gasteiger partial charge on any atom is -0.461 e. The van der Waals surface area contributed by atoms with Crippen LogP contribution >= 0.6 is 0 Å². The first-order valence-electron chi connectivity index (χ1n) is 10.6. The van der Waals surface area contributed by atoms with Gasteiger partial charge in [-0.3, -0.25) is 19.6 Å². The lowest BCUT2D eigenvalue weighted by molar-refractivity contribution is -0.145. The van der Waals surface area contributed by atoms with Crippen LogP contribution < -0.4 is 16.4 Å². The molecule has 1 N–H and O–H groups in total. The Morgan fingerprint density at radius 2 is 1.88 bits per heavy atom. The highest BCUT2D eigenvalue weighted by Gasteiger charge is 2.12. The number of hydrogen-bond donors (Lipinski definition) is 1. The third-order valence-electron chi connectivity index (χ3n) is 5.03. The van der Waals surface area contributed by atoms with Gasteiger partial charge in [0.15, 0.2) is 0 Å². The van der Waals surface area contributed by atoms with Gasteiger partial charge in [0.05, 0.1) is 31.3 Å². The number of rotatable bonds is 7. The van der Waals surface area contributed by atoms with Gasteiger partial charge in [0.25, 0.3) is 0 Å². The maximum atomic E-state index is 12.4. The maximum absolute atomic E-state index is 12.4. The predicted molar refractivity (Wildman–Crippen MR) is 124 cm³/mol. The molecule has 174 valence electrons. The molecule has 0 aliphatic rings. The fraction of sp³-hybridized carbons (Fsp3) is 0.208. The Morgan fingerprint density at radius 3 is 2.71 bits per heavy atom. The van der Waals surface area contributed by atoms with Gasteiger partial charge in [0.1, 0.15) is 12.2 Å². The number of fused-ring (bicyclic) bond motifs is 2. The van der Waals surface area contributed by atoms with Gasteiger partial charge in [-0.25, -0.2) is 9.59 Å². The van der Waals surface area contributed by atoms with E-state index < -0.39 is 17.7 Å². The summed E-state index contributed by atoms with van der Waals surface area (Å²) in [5.41, 5.74) is 0.914. The van der Waals surface area contributed by atoms with Gasteiger partial charge in [0.2, 0.25) is 5.43 Å². The van der Waals surface area contributed by atoms with E-state index in [1.165, 1.54) is 18.3 Å². The van der Waals surface area contributed by atoms with Crippen molar-refractivity contribution in [2.45, 2.75) is 26.5 Å². The van der Waals surface area contributed by atoms with Gasteiger partial charge in [-0.05, 0) is 31.2 Å². The number of amides is 1. The number of aromatic nitrogens is 2. The molecule has 0 saturated heterocycles. The molecule has 2 heterocycles. The Balaban J connectivity index is 1.44. The van der Waals surface area contributed by atoms with Crippen molar-refractivity contribution in [3.05, 3.63) is 80.9 Å². The van der Waals surface area contributed by atoms with Crippen molar-refractivity contribution in [2.75, 3.05) is 11.9 Å². The molecule has 0 fully saturated rings. The van der Waals surface area contributed by atoms with Gasteiger partial charge >= 0.3 is 17.7 Å². The van der Waals surface area contributed by atoms with E-state index in [2.05, 4.69) is 10.4 Å². The van der Waals surface area contributed by atoms with Gasteiger partial charge in [-0.1, -0.05) is 12.1 Å². The van der Waals surface area contributed by atoms with E-state index in [1.807, 2.05) is 0 Å². The van der Waals surface area contributed by atoms with E-state index in [0.717, 1.165) is 0 Å². The summed E-state index contributed by atoms with van der Waals surface area (Å²) >= 11 is 0. The Labute approximate surface area is 192 Å². The monoisotopic (exact) mass is 463 g/mol. The minimum absolute atomic E-state index is 0.0207. The van der Waals surface area contributed by atoms with E-state index in [-0.39, 0.29) is 37.2 Å². The van der Waals surface area contributed by atoms with E-state index >= 15 is 0 Å². The number of carbonyl (C=O) groups is 2. The first-order chi connectivity index (χ1) is 16.4. The lowest BCUT2D eigenvalue weighted by Gasteiger charge is -2.10. The van der Waals surface area contributed by atoms with Crippen molar-refractivity contribution < 1.29 is 23.5 Å². The quantitative estimate of drug-likeness (QED) is 0.327. The molecule has 0 aliphatic heterocycles. The molecule has 0 spiro atoms. The van der Waals surface area contributed by atoms with E-state index in [9.17, 15) is 19.2 Å². The number of hydrogen-bond acceptors (Lipinski definition) is 8. The highest BCUT2D eigenvalue weighted by molar-refractivity contribution is 5.90. The minimum atomic E-state index is -0.626. The fourth-order valence-corrected chi connectivity index (χ4v) is 3.48. The Morgan fingerprint density at radius 1 is 1.06 bits per heavy atom. The molecule has 0 bridgehead atoms. The zero-order chi connectivity index (χ0) is 24.1. The van der Waals surface area contributed by atoms with Crippen LogP contribution in [0.15, 0.2) is 68.7 Å². The van der Waals surface area contributed by atoms with Crippen molar-refractivity contribution in [1.29, 1.82) is 0 Å². The molecule has 2 aromatic heterocycles. The molecule has 34 heavy (non-hydrogen) atoms. The molecule has 10 heteroatoms. The second kappa shape index (κ2) is 9.99. The van der Waals surface area contributed by atoms with E-state index in [1.54, 1.807) is 48.0 Å². The molecule has 10 nitrogen and oxygen atoms in total. The zero-order valence-electron chi connectivity index (χ0n) is 18.3. The number of carbonyl (C=O) groups excluding carboxylic acids is 2. The number of esters is 1. The van der Waals surface area contributed by atoms with Gasteiger partial charge in [-0.15, -0.1) is 0 Å². The summed E-state index contributed by atoms with van der Waals surface area (Å²) < 4.78 is 17.0. The van der Waals surface area contributed by atoms with E-state index in [4.69, 9.17) is 13.9 Å². The van der Waals surface area contributed by atoms with Crippen molar-refractivity contribution in [1.82, 2.24) is 9.78 Å². The van der Waals surface area contributed by atoms with Crippen LogP contribution in [0.25, 0.3) is 21.9 Å². The van der Waals surface area contributed by atoms with Crippen LogP contribution in [0.4, 0.5) is 10.5 Å². The van der Waals surface area contributed by atoms with Crippen molar-refractivity contribution in [3.8, 4) is 0 Å². The third kappa shape index (κ3) is 5.12. The molecular formula is C24H21N3O7. The number of ether oxygens (including phenoxy) is 2. The summed E-state index contributed by atoms with van der Waals surface area (Å²) in [5.74, 6) is -0.494. The summed E-state index contributed by atoms with van der Waals surface area (Å²) in [7, 11) is 0. The van der Waals surface area contributed by atoms with Gasteiger partial charge in [0, 0.05) is 34.2 Å². The van der Waals surface area contributed by atoms with Crippen molar-refractivity contribution in [3.63, 3.8) is 0 Å². The van der Waals surface area contributed by atoms with Gasteiger partial charge in [-0.2, -0.15) is 5.10 Å². The first-order valence-corrected chi connectivity index (χ1v) is 10.6. The fourth-order valence-electron chi connectivity index (χ4n) is 3.48. The van der Waals surface area contributed by atoms with Crippen LogP contribution in [0.5, 0.6) is 0 Å². The van der Waals surface area contributed by atoms with Crippen LogP contribution in [0, 0.1) is 0 Å². The molecule has 0 atom stereocenters. The largest absolute Gasteiger partial charge is 0.461 e. The predicted octanol–water partition coefficient (Wildman–Crippen LogP) is 3.20. The average Bonchev–Trinajstić information content (AvgIpc) is 2.82. The molecule has 0 radical (unpaired) electrons. The maximum Gasteiger partial charge on any atom is 0.411 e. The van der Waals surface area contributed by atoms with Crippen LogP contribution in [0.1, 0.15) is 18.9 Å². The number of benzene rings is 2. The SMILES string of the molecule is CCOC(=O)Nc1ccc2c(COC(=O)CCn3ncc(=O)c4ccccc43)cc(=O)oc2c1. The van der Waals surface area contributed by atoms with E-state index in [0.29, 0.717) is 27.5 Å². The molecule has 0 aliphatic carbocycles. The van der Waals surface area contributed by atoms with Crippen molar-refractivity contribution >= 4 is 39.6 Å². The smallest absolute Gasteiger partial charge is 0.411 e. The first kappa shape index (κ1) is 22.7. The van der Waals surface area contributed by atoms with Gasteiger partial charge < -0.3 is 13.9 Å². The average molecular weight is 463 g/mol. The summed E-state index contributed by atoms with van der Waals surface area (Å²) in [5, 5.41) is 7.71. The number of aryl methyl sites for hydroxylation is 1. The Bertz CT molecular complexity index is 1490. The number of nitrogens with zero attached hydrogens (tertiary/aromatic N) is 2. The van der Waals surface area contributed by atoms with Crippen LogP contribution in [-0.4, -0.2) is 28.4 Å². The topological polar surface area (TPSA) is 130 Å². The summed E-state index contributed by atoms with van der Waals surface area (Å²) in [6, 6.07) is 13.0. The van der Waals surface area contributed by atoms with Crippen LogP contribution in [0.2, 0.25) is 0 Å². The molecule has 1 amide bonds. The third-order valence-corrected chi connectivity index (χ3v) is 5.03. The highest BCUT2D eigenvalue weighted by atomic mass is 16.5. The lowest BCUT2D eigenvalue weighted by atomic mass is 10.1. The zero-order valence-corrected chi connectivity index (χ0v) is 18.3. The molecule has 0 unspecified atom stereocenters. The lowest BCUT2D eigenvalue weighted by Crippen LogP contribution is -2.15. The summed E-state index contributed by atoms with van der Waals surface area (Å²) in [6.07, 6.45) is 0.611. The standard InChI is InChI=1S/C24H21N3O7/c1-2-32-24(31)26-16-7-8-17-15(11-23(30)34-21(17)12-16)14-33-22(29)9-10-27-19-6-4-3-5-18(19)20(28)13-25-27/h3-8,11-13H,2,9-10,14H2,1H3,(H,26,31). The molecule has 2 aromatic carbocycles. The second-order valence-electron chi connectivity index (χ2n) is 7.31. The number of para-hydroxylation sites is 1. The summed E-state index contributed by atoms with van der Waals surface area (Å²) in [4.78, 5) is 47.9. The Kier molecular flexibility index (Phi) is 6.67.